The summed E-state index contributed by atoms with van der Waals surface area (Å²) in [4.78, 5) is 33.1. The molecule has 0 N–H and O–H groups in total. The van der Waals surface area contributed by atoms with E-state index in [4.69, 9.17) is 9.47 Å². The van der Waals surface area contributed by atoms with Crippen LogP contribution in [0.25, 0.3) is 0 Å². The van der Waals surface area contributed by atoms with Gasteiger partial charge in [-0.1, -0.05) is 6.58 Å². The van der Waals surface area contributed by atoms with Crippen LogP contribution in [0.15, 0.2) is 23.8 Å². The van der Waals surface area contributed by atoms with Gasteiger partial charge in [-0.25, -0.2) is 14.4 Å². The summed E-state index contributed by atoms with van der Waals surface area (Å²) in [5, 5.41) is 0. The van der Waals surface area contributed by atoms with E-state index < -0.39 is 17.9 Å². The summed E-state index contributed by atoms with van der Waals surface area (Å²) < 4.78 is 13.8. The molecule has 0 aromatic carbocycles. The van der Waals surface area contributed by atoms with Gasteiger partial charge in [-0.15, -0.1) is 0 Å². The highest BCUT2D eigenvalue weighted by Gasteiger charge is 2.07. The number of methoxy groups -OCH3 is 1. The minimum Gasteiger partial charge on any atom is -0.466 e. The van der Waals surface area contributed by atoms with E-state index in [9.17, 15) is 14.4 Å². The number of esters is 3. The zero-order valence-electron chi connectivity index (χ0n) is 10.6. The lowest BCUT2D eigenvalue weighted by Gasteiger charge is -2.04. The highest BCUT2D eigenvalue weighted by molar-refractivity contribution is 5.95. The van der Waals surface area contributed by atoms with Gasteiger partial charge < -0.3 is 14.2 Å². The van der Waals surface area contributed by atoms with Crippen LogP contribution >= 0.6 is 0 Å². The second kappa shape index (κ2) is 8.05. The summed E-state index contributed by atoms with van der Waals surface area (Å²) >= 11 is 0. The van der Waals surface area contributed by atoms with Crippen molar-refractivity contribution in [2.45, 2.75) is 13.8 Å². The van der Waals surface area contributed by atoms with Crippen LogP contribution in [0.5, 0.6) is 0 Å². The van der Waals surface area contributed by atoms with E-state index in [0.29, 0.717) is 0 Å². The van der Waals surface area contributed by atoms with Crippen LogP contribution in [0.4, 0.5) is 0 Å². The Labute approximate surface area is 105 Å². The van der Waals surface area contributed by atoms with Crippen molar-refractivity contribution < 1.29 is 28.6 Å². The summed E-state index contributed by atoms with van der Waals surface area (Å²) in [6, 6.07) is 0. The second-order valence-corrected chi connectivity index (χ2v) is 3.40. The van der Waals surface area contributed by atoms with Crippen molar-refractivity contribution in [1.82, 2.24) is 0 Å². The third-order valence-corrected chi connectivity index (χ3v) is 1.75. The highest BCUT2D eigenvalue weighted by atomic mass is 16.6. The maximum atomic E-state index is 11.2. The summed E-state index contributed by atoms with van der Waals surface area (Å²) in [5.74, 6) is -1.86. The molecular formula is C12H16O6. The van der Waals surface area contributed by atoms with E-state index in [-0.39, 0.29) is 24.4 Å². The number of carbonyl (C=O) groups is 3. The number of ether oxygens (including phenoxy) is 3. The fourth-order valence-electron chi connectivity index (χ4n) is 0.838. The molecule has 0 radical (unpaired) electrons. The predicted molar refractivity (Wildman–Crippen MR) is 62.5 cm³/mol. The molecule has 6 heteroatoms. The summed E-state index contributed by atoms with van der Waals surface area (Å²) in [6.07, 6.45) is 1.01. The third-order valence-electron chi connectivity index (χ3n) is 1.75. The van der Waals surface area contributed by atoms with Crippen molar-refractivity contribution >= 4 is 17.9 Å². The first-order valence-electron chi connectivity index (χ1n) is 5.14. The molecule has 100 valence electrons. The minimum absolute atomic E-state index is 0.0669. The third kappa shape index (κ3) is 6.47. The van der Waals surface area contributed by atoms with Gasteiger partial charge in [0.2, 0.25) is 0 Å². The van der Waals surface area contributed by atoms with Crippen LogP contribution in [0.3, 0.4) is 0 Å². The van der Waals surface area contributed by atoms with Gasteiger partial charge in [0, 0.05) is 17.2 Å². The molecule has 0 rings (SSSR count). The Hall–Kier alpha value is -2.11. The van der Waals surface area contributed by atoms with Gasteiger partial charge in [-0.3, -0.25) is 0 Å². The average molecular weight is 256 g/mol. The highest BCUT2D eigenvalue weighted by Crippen LogP contribution is 1.97. The first kappa shape index (κ1) is 15.9. The number of rotatable bonds is 6. The first-order valence-corrected chi connectivity index (χ1v) is 5.14. The monoisotopic (exact) mass is 256 g/mol. The maximum Gasteiger partial charge on any atom is 0.333 e. The van der Waals surface area contributed by atoms with E-state index in [2.05, 4.69) is 11.3 Å². The number of carbonyl (C=O) groups excluding carboxylic acids is 3. The Morgan fingerprint density at radius 2 is 1.61 bits per heavy atom. The van der Waals surface area contributed by atoms with Crippen LogP contribution in [-0.2, 0) is 28.6 Å². The molecule has 0 spiro atoms. The van der Waals surface area contributed by atoms with Crippen LogP contribution in [0, 0.1) is 0 Å². The molecule has 0 aliphatic rings. The average Bonchev–Trinajstić information content (AvgIpc) is 2.32. The van der Waals surface area contributed by atoms with Gasteiger partial charge in [-0.2, -0.15) is 0 Å². The van der Waals surface area contributed by atoms with E-state index in [1.54, 1.807) is 0 Å². The molecule has 0 bridgehead atoms. The van der Waals surface area contributed by atoms with Crippen molar-refractivity contribution in [2.75, 3.05) is 20.3 Å². The van der Waals surface area contributed by atoms with Gasteiger partial charge >= 0.3 is 17.9 Å². The van der Waals surface area contributed by atoms with Crippen molar-refractivity contribution in [3.05, 3.63) is 23.8 Å². The zero-order valence-corrected chi connectivity index (χ0v) is 10.6. The van der Waals surface area contributed by atoms with Gasteiger partial charge in [0.25, 0.3) is 0 Å². The van der Waals surface area contributed by atoms with Gasteiger partial charge in [0.1, 0.15) is 13.2 Å². The van der Waals surface area contributed by atoms with Crippen molar-refractivity contribution in [3.8, 4) is 0 Å². The molecule has 0 heterocycles. The summed E-state index contributed by atoms with van der Waals surface area (Å²) in [7, 11) is 1.21. The molecule has 6 nitrogen and oxygen atoms in total. The molecule has 18 heavy (non-hydrogen) atoms. The molecule has 0 aromatic heterocycles. The van der Waals surface area contributed by atoms with E-state index in [1.165, 1.54) is 21.0 Å². The van der Waals surface area contributed by atoms with Gasteiger partial charge in [0.15, 0.2) is 0 Å². The van der Waals surface area contributed by atoms with E-state index in [1.807, 2.05) is 0 Å². The van der Waals surface area contributed by atoms with Gasteiger partial charge in [0.05, 0.1) is 7.11 Å². The molecule has 0 amide bonds. The van der Waals surface area contributed by atoms with Crippen LogP contribution in [-0.4, -0.2) is 38.2 Å². The lowest BCUT2D eigenvalue weighted by molar-refractivity contribution is -0.146. The molecule has 0 fully saturated rings. The smallest absolute Gasteiger partial charge is 0.333 e. The quantitative estimate of drug-likeness (QED) is 0.302. The van der Waals surface area contributed by atoms with E-state index >= 15 is 0 Å². The number of hydrogen-bond donors (Lipinski definition) is 0. The summed E-state index contributed by atoms with van der Waals surface area (Å²) in [5.41, 5.74) is 0.393. The summed E-state index contributed by atoms with van der Waals surface area (Å²) in [6.45, 7) is 6.17. The molecule has 0 aliphatic carbocycles. The fraction of sp³-hybridized carbons (Fsp3) is 0.417. The molecule has 0 saturated carbocycles. The normalized spacial score (nSPS) is 10.5. The molecule has 0 atom stereocenters. The molecule has 0 unspecified atom stereocenters. The molecular weight excluding hydrogens is 240 g/mol. The second-order valence-electron chi connectivity index (χ2n) is 3.40. The van der Waals surface area contributed by atoms with Crippen molar-refractivity contribution in [2.24, 2.45) is 0 Å². The Morgan fingerprint density at radius 3 is 2.11 bits per heavy atom. The first-order chi connectivity index (χ1) is 8.38. The van der Waals surface area contributed by atoms with Crippen LogP contribution < -0.4 is 0 Å². The van der Waals surface area contributed by atoms with Crippen molar-refractivity contribution in [3.63, 3.8) is 0 Å². The Morgan fingerprint density at radius 1 is 1.06 bits per heavy atom. The lowest BCUT2D eigenvalue weighted by Crippen LogP contribution is -2.14. The zero-order chi connectivity index (χ0) is 14.1. The van der Waals surface area contributed by atoms with Crippen molar-refractivity contribution in [1.29, 1.82) is 0 Å². The van der Waals surface area contributed by atoms with Crippen LogP contribution in [0.2, 0.25) is 0 Å². The molecule has 0 aromatic rings. The maximum absolute atomic E-state index is 11.2. The molecule has 0 saturated heterocycles. The Kier molecular flexibility index (Phi) is 7.11. The minimum atomic E-state index is -0.704. The Balaban J connectivity index is 3.95. The molecule has 0 aliphatic heterocycles. The topological polar surface area (TPSA) is 78.9 Å². The van der Waals surface area contributed by atoms with Gasteiger partial charge in [-0.05, 0) is 13.8 Å². The lowest BCUT2D eigenvalue weighted by atomic mass is 10.3. The van der Waals surface area contributed by atoms with E-state index in [0.717, 1.165) is 6.08 Å². The largest absolute Gasteiger partial charge is 0.466 e. The van der Waals surface area contributed by atoms with Crippen LogP contribution in [0.1, 0.15) is 13.8 Å². The number of hydrogen-bond acceptors (Lipinski definition) is 6. The standard InChI is InChI=1S/C12H16O6/c1-8(2)11(14)18-6-5-17-10(13)7-9(3)12(15)16-4/h7H,1,5-6H2,2-4H3/b9-7+. The Bertz CT molecular complexity index is 380. The SMILES string of the molecule is C=C(C)C(=O)OCCOC(=O)/C=C(\C)C(=O)OC. The predicted octanol–water partition coefficient (Wildman–Crippen LogP) is 0.768. The fourth-order valence-corrected chi connectivity index (χ4v) is 0.838.